The molecule has 1 aromatic rings. The van der Waals surface area contributed by atoms with Crippen molar-refractivity contribution >= 4 is 17.5 Å². The van der Waals surface area contributed by atoms with Crippen LogP contribution in [0.25, 0.3) is 0 Å². The number of ether oxygens (including phenoxy) is 1. The van der Waals surface area contributed by atoms with Gasteiger partial charge < -0.3 is 9.64 Å². The molecule has 2 rings (SSSR count). The highest BCUT2D eigenvalue weighted by Gasteiger charge is 2.32. The molecule has 1 fully saturated rings. The van der Waals surface area contributed by atoms with Crippen LogP contribution in [-0.4, -0.2) is 40.2 Å². The number of anilines is 2. The number of rotatable bonds is 3. The molecule has 2 heterocycles. The van der Waals surface area contributed by atoms with Crippen molar-refractivity contribution in [1.29, 1.82) is 0 Å². The molecule has 0 spiro atoms. The lowest BCUT2D eigenvalue weighted by Crippen LogP contribution is -2.48. The number of aromatic nitrogens is 2. The maximum absolute atomic E-state index is 11.3. The SMILES string of the molecule is Cc1nc(NN)nc(N2CC(C)OCC2C)c1[N+](=O)[O-]. The molecule has 0 aromatic carbocycles. The summed E-state index contributed by atoms with van der Waals surface area (Å²) in [6.45, 7) is 6.44. The molecule has 0 radical (unpaired) electrons. The summed E-state index contributed by atoms with van der Waals surface area (Å²) in [4.78, 5) is 20.8. The molecule has 110 valence electrons. The topological polar surface area (TPSA) is 119 Å². The van der Waals surface area contributed by atoms with Gasteiger partial charge in [-0.05, 0) is 20.8 Å². The maximum Gasteiger partial charge on any atom is 0.332 e. The third-order valence-corrected chi connectivity index (χ3v) is 3.23. The number of hydrazine groups is 1. The second-order valence-electron chi connectivity index (χ2n) is 4.85. The van der Waals surface area contributed by atoms with E-state index in [-0.39, 0.29) is 35.3 Å². The van der Waals surface area contributed by atoms with Crippen LogP contribution in [0.4, 0.5) is 17.5 Å². The summed E-state index contributed by atoms with van der Waals surface area (Å²) < 4.78 is 5.53. The average Bonchev–Trinajstić information content (AvgIpc) is 2.40. The van der Waals surface area contributed by atoms with Crippen LogP contribution < -0.4 is 16.2 Å². The molecule has 0 bridgehead atoms. The molecule has 3 N–H and O–H groups in total. The Labute approximate surface area is 116 Å². The number of morpholine rings is 1. The summed E-state index contributed by atoms with van der Waals surface area (Å²) >= 11 is 0. The summed E-state index contributed by atoms with van der Waals surface area (Å²) in [5.74, 6) is 5.75. The van der Waals surface area contributed by atoms with Gasteiger partial charge >= 0.3 is 5.69 Å². The smallest absolute Gasteiger partial charge is 0.332 e. The normalized spacial score (nSPS) is 22.7. The molecule has 20 heavy (non-hydrogen) atoms. The Hall–Kier alpha value is -2.00. The molecule has 0 aliphatic carbocycles. The van der Waals surface area contributed by atoms with Crippen LogP contribution in [0.3, 0.4) is 0 Å². The standard InChI is InChI=1S/C11H18N6O3/c1-6-5-20-7(2)4-16(6)10-9(17(18)19)8(3)13-11(14-10)15-12/h6-7H,4-5,12H2,1-3H3,(H,13,14,15). The first-order valence-electron chi connectivity index (χ1n) is 6.32. The predicted molar refractivity (Wildman–Crippen MR) is 73.5 cm³/mol. The number of nitrogens with zero attached hydrogens (tertiary/aromatic N) is 4. The zero-order valence-corrected chi connectivity index (χ0v) is 11.7. The van der Waals surface area contributed by atoms with Crippen LogP contribution in [0.15, 0.2) is 0 Å². The zero-order valence-electron chi connectivity index (χ0n) is 11.7. The lowest BCUT2D eigenvalue weighted by Gasteiger charge is -2.37. The molecule has 0 saturated carbocycles. The Morgan fingerprint density at radius 2 is 2.20 bits per heavy atom. The van der Waals surface area contributed by atoms with Gasteiger partial charge in [0.15, 0.2) is 0 Å². The zero-order chi connectivity index (χ0) is 14.9. The minimum absolute atomic E-state index is 0.00942. The highest BCUT2D eigenvalue weighted by molar-refractivity contribution is 5.63. The van der Waals surface area contributed by atoms with E-state index in [0.717, 1.165) is 0 Å². The quantitative estimate of drug-likeness (QED) is 0.469. The van der Waals surface area contributed by atoms with Crippen LogP contribution in [0, 0.1) is 17.0 Å². The van der Waals surface area contributed by atoms with Gasteiger partial charge in [0.05, 0.1) is 23.7 Å². The molecule has 0 amide bonds. The molecule has 1 aromatic heterocycles. The van der Waals surface area contributed by atoms with Gasteiger partial charge in [0.2, 0.25) is 11.8 Å². The van der Waals surface area contributed by atoms with Gasteiger partial charge in [0.25, 0.3) is 0 Å². The fourth-order valence-electron chi connectivity index (χ4n) is 2.23. The van der Waals surface area contributed by atoms with Gasteiger partial charge in [-0.15, -0.1) is 0 Å². The first-order chi connectivity index (χ1) is 9.43. The Morgan fingerprint density at radius 1 is 1.50 bits per heavy atom. The van der Waals surface area contributed by atoms with Crippen LogP contribution in [0.1, 0.15) is 19.5 Å². The molecule has 2 unspecified atom stereocenters. The molecule has 9 nitrogen and oxygen atoms in total. The molecule has 9 heteroatoms. The van der Waals surface area contributed by atoms with E-state index in [2.05, 4.69) is 15.4 Å². The number of nitrogens with two attached hydrogens (primary N) is 1. The third-order valence-electron chi connectivity index (χ3n) is 3.23. The van der Waals surface area contributed by atoms with Crippen molar-refractivity contribution in [3.63, 3.8) is 0 Å². The average molecular weight is 282 g/mol. The van der Waals surface area contributed by atoms with Gasteiger partial charge in [0.1, 0.15) is 5.69 Å². The lowest BCUT2D eigenvalue weighted by atomic mass is 10.2. The number of aryl methyl sites for hydroxylation is 1. The van der Waals surface area contributed by atoms with Gasteiger partial charge in [-0.2, -0.15) is 4.98 Å². The van der Waals surface area contributed by atoms with Gasteiger partial charge in [-0.1, -0.05) is 0 Å². The summed E-state index contributed by atoms with van der Waals surface area (Å²) in [6, 6.07) is -0.00942. The summed E-state index contributed by atoms with van der Waals surface area (Å²) in [6.07, 6.45) is -0.0182. The van der Waals surface area contributed by atoms with E-state index in [1.54, 1.807) is 6.92 Å². The lowest BCUT2D eigenvalue weighted by molar-refractivity contribution is -0.385. The number of nitrogens with one attached hydrogen (secondary N) is 1. The highest BCUT2D eigenvalue weighted by Crippen LogP contribution is 2.32. The Bertz CT molecular complexity index is 523. The maximum atomic E-state index is 11.3. The third kappa shape index (κ3) is 2.63. The monoisotopic (exact) mass is 282 g/mol. The van der Waals surface area contributed by atoms with Crippen molar-refractivity contribution < 1.29 is 9.66 Å². The van der Waals surface area contributed by atoms with Crippen molar-refractivity contribution in [3.05, 3.63) is 15.8 Å². The van der Waals surface area contributed by atoms with Crippen LogP contribution in [0.2, 0.25) is 0 Å². The Morgan fingerprint density at radius 3 is 2.80 bits per heavy atom. The summed E-state index contributed by atoms with van der Waals surface area (Å²) in [7, 11) is 0. The van der Waals surface area contributed by atoms with Crippen LogP contribution in [0.5, 0.6) is 0 Å². The fraction of sp³-hybridized carbons (Fsp3) is 0.636. The minimum Gasteiger partial charge on any atom is -0.375 e. The molecular formula is C11H18N6O3. The van der Waals surface area contributed by atoms with Crippen molar-refractivity contribution in [3.8, 4) is 0 Å². The van der Waals surface area contributed by atoms with Crippen molar-refractivity contribution in [2.45, 2.75) is 32.9 Å². The second-order valence-corrected chi connectivity index (χ2v) is 4.85. The van der Waals surface area contributed by atoms with E-state index in [1.165, 1.54) is 0 Å². The second kappa shape index (κ2) is 5.55. The van der Waals surface area contributed by atoms with E-state index >= 15 is 0 Å². The predicted octanol–water partition coefficient (Wildman–Crippen LogP) is 0.592. The Balaban J connectivity index is 2.52. The Kier molecular flexibility index (Phi) is 4.00. The summed E-state index contributed by atoms with van der Waals surface area (Å²) in [5, 5.41) is 11.3. The minimum atomic E-state index is -0.461. The number of nitro groups is 1. The molecule has 1 saturated heterocycles. The first kappa shape index (κ1) is 14.4. The van der Waals surface area contributed by atoms with E-state index in [1.807, 2.05) is 18.7 Å². The molecule has 1 aliphatic rings. The van der Waals surface area contributed by atoms with Crippen molar-refractivity contribution in [1.82, 2.24) is 9.97 Å². The first-order valence-corrected chi connectivity index (χ1v) is 6.32. The highest BCUT2D eigenvalue weighted by atomic mass is 16.6. The largest absolute Gasteiger partial charge is 0.375 e. The van der Waals surface area contributed by atoms with Crippen LogP contribution >= 0.6 is 0 Å². The van der Waals surface area contributed by atoms with E-state index < -0.39 is 4.92 Å². The molecule has 2 atom stereocenters. The van der Waals surface area contributed by atoms with Crippen molar-refractivity contribution in [2.75, 3.05) is 23.5 Å². The van der Waals surface area contributed by atoms with Gasteiger partial charge in [0, 0.05) is 6.54 Å². The molecule has 1 aliphatic heterocycles. The molecular weight excluding hydrogens is 264 g/mol. The van der Waals surface area contributed by atoms with E-state index in [4.69, 9.17) is 10.6 Å². The van der Waals surface area contributed by atoms with E-state index in [0.29, 0.717) is 13.2 Å². The van der Waals surface area contributed by atoms with Gasteiger partial charge in [-0.3, -0.25) is 15.5 Å². The number of hydrogen-bond acceptors (Lipinski definition) is 8. The number of nitrogen functional groups attached to an aromatic ring is 1. The number of hydrogen-bond donors (Lipinski definition) is 2. The van der Waals surface area contributed by atoms with Gasteiger partial charge in [-0.25, -0.2) is 10.8 Å². The van der Waals surface area contributed by atoms with Crippen molar-refractivity contribution in [2.24, 2.45) is 5.84 Å². The van der Waals surface area contributed by atoms with Crippen LogP contribution in [-0.2, 0) is 4.74 Å². The summed E-state index contributed by atoms with van der Waals surface area (Å²) in [5.41, 5.74) is 2.52. The fourth-order valence-corrected chi connectivity index (χ4v) is 2.23. The van der Waals surface area contributed by atoms with E-state index in [9.17, 15) is 10.1 Å².